The topological polar surface area (TPSA) is 21.3 Å². The Bertz CT molecular complexity index is 625. The molecule has 0 aliphatic carbocycles. The number of fused-ring (bicyclic) bond motifs is 1. The van der Waals surface area contributed by atoms with E-state index in [-0.39, 0.29) is 16.6 Å². The van der Waals surface area contributed by atoms with Crippen LogP contribution in [0.15, 0.2) is 36.4 Å². The molecule has 0 fully saturated rings. The first-order valence-electron chi connectivity index (χ1n) is 6.25. The molecule has 1 aliphatic heterocycles. The lowest BCUT2D eigenvalue weighted by Crippen LogP contribution is -2.15. The van der Waals surface area contributed by atoms with Crippen LogP contribution in [0.25, 0.3) is 0 Å². The summed E-state index contributed by atoms with van der Waals surface area (Å²) in [5.74, 6) is -0.411. The molecule has 0 spiro atoms. The van der Waals surface area contributed by atoms with Crippen molar-refractivity contribution in [3.63, 3.8) is 0 Å². The Labute approximate surface area is 120 Å². The Morgan fingerprint density at radius 2 is 2.05 bits per heavy atom. The van der Waals surface area contributed by atoms with Crippen LogP contribution in [0.3, 0.4) is 0 Å². The predicted molar refractivity (Wildman–Crippen MR) is 74.5 cm³/mol. The summed E-state index contributed by atoms with van der Waals surface area (Å²) in [6, 6.07) is 9.63. The lowest BCUT2D eigenvalue weighted by atomic mass is 10.0. The van der Waals surface area contributed by atoms with Crippen LogP contribution < -0.4 is 10.1 Å². The highest BCUT2D eigenvalue weighted by Crippen LogP contribution is 2.34. The van der Waals surface area contributed by atoms with E-state index in [4.69, 9.17) is 16.3 Å². The second-order valence-corrected chi connectivity index (χ2v) is 5.08. The van der Waals surface area contributed by atoms with Crippen LogP contribution in [0.2, 0.25) is 5.02 Å². The molecule has 0 radical (unpaired) electrons. The standard InChI is InChI=1S/C15H12ClF2NO/c16-12-5-10(17)6-13(18)15(12)19-7-9-8-20-14-4-2-1-3-11(9)14/h1-6,9,19H,7-8H2. The van der Waals surface area contributed by atoms with Crippen LogP contribution in [0.5, 0.6) is 5.75 Å². The monoisotopic (exact) mass is 295 g/mol. The summed E-state index contributed by atoms with van der Waals surface area (Å²) >= 11 is 5.85. The lowest BCUT2D eigenvalue weighted by Gasteiger charge is -2.13. The summed E-state index contributed by atoms with van der Waals surface area (Å²) in [6.07, 6.45) is 0. The molecule has 1 atom stereocenters. The molecule has 0 saturated heterocycles. The Balaban J connectivity index is 1.76. The van der Waals surface area contributed by atoms with E-state index in [0.717, 1.165) is 23.4 Å². The number of ether oxygens (including phenoxy) is 1. The average Bonchev–Trinajstić information content (AvgIpc) is 2.81. The van der Waals surface area contributed by atoms with Gasteiger partial charge in [-0.2, -0.15) is 0 Å². The van der Waals surface area contributed by atoms with E-state index < -0.39 is 11.6 Å². The second-order valence-electron chi connectivity index (χ2n) is 4.67. The fourth-order valence-electron chi connectivity index (χ4n) is 2.33. The van der Waals surface area contributed by atoms with E-state index in [1.165, 1.54) is 0 Å². The number of nitrogens with one attached hydrogen (secondary N) is 1. The number of rotatable bonds is 3. The maximum absolute atomic E-state index is 13.7. The number of hydrogen-bond acceptors (Lipinski definition) is 2. The zero-order valence-electron chi connectivity index (χ0n) is 10.5. The zero-order valence-corrected chi connectivity index (χ0v) is 11.3. The molecule has 2 aromatic rings. The minimum Gasteiger partial charge on any atom is -0.493 e. The number of hydrogen-bond donors (Lipinski definition) is 1. The van der Waals surface area contributed by atoms with Gasteiger partial charge in [-0.05, 0) is 12.1 Å². The molecule has 2 nitrogen and oxygen atoms in total. The maximum Gasteiger partial charge on any atom is 0.150 e. The number of anilines is 1. The van der Waals surface area contributed by atoms with Gasteiger partial charge in [-0.1, -0.05) is 29.8 Å². The van der Waals surface area contributed by atoms with Crippen molar-refractivity contribution in [3.8, 4) is 5.75 Å². The largest absolute Gasteiger partial charge is 0.493 e. The summed E-state index contributed by atoms with van der Waals surface area (Å²) in [6.45, 7) is 1.01. The molecule has 0 amide bonds. The van der Waals surface area contributed by atoms with Crippen molar-refractivity contribution in [3.05, 3.63) is 58.6 Å². The smallest absolute Gasteiger partial charge is 0.150 e. The summed E-state index contributed by atoms with van der Waals surface area (Å²) < 4.78 is 32.2. The van der Waals surface area contributed by atoms with Crippen LogP contribution in [0.1, 0.15) is 11.5 Å². The number of halogens is 3. The first-order chi connectivity index (χ1) is 9.65. The van der Waals surface area contributed by atoms with Crippen LogP contribution in [0.4, 0.5) is 14.5 Å². The van der Waals surface area contributed by atoms with Crippen LogP contribution in [-0.4, -0.2) is 13.2 Å². The van der Waals surface area contributed by atoms with E-state index in [9.17, 15) is 8.78 Å². The zero-order chi connectivity index (χ0) is 14.1. The molecule has 0 aromatic heterocycles. The highest BCUT2D eigenvalue weighted by molar-refractivity contribution is 6.33. The molecule has 1 heterocycles. The van der Waals surface area contributed by atoms with E-state index in [2.05, 4.69) is 5.32 Å². The van der Waals surface area contributed by atoms with E-state index in [1.807, 2.05) is 24.3 Å². The van der Waals surface area contributed by atoms with Gasteiger partial charge in [0.1, 0.15) is 11.6 Å². The molecular formula is C15H12ClF2NO. The van der Waals surface area contributed by atoms with Crippen LogP contribution >= 0.6 is 11.6 Å². The van der Waals surface area contributed by atoms with Gasteiger partial charge in [0.25, 0.3) is 0 Å². The molecule has 1 aliphatic rings. The van der Waals surface area contributed by atoms with Crippen molar-refractivity contribution >= 4 is 17.3 Å². The molecule has 1 unspecified atom stereocenters. The van der Waals surface area contributed by atoms with Gasteiger partial charge < -0.3 is 10.1 Å². The fraction of sp³-hybridized carbons (Fsp3) is 0.200. The third-order valence-corrected chi connectivity index (χ3v) is 3.63. The van der Waals surface area contributed by atoms with E-state index in [0.29, 0.717) is 13.2 Å². The SMILES string of the molecule is Fc1cc(F)c(NCC2COc3ccccc32)c(Cl)c1. The molecule has 5 heteroatoms. The molecule has 0 bridgehead atoms. The summed E-state index contributed by atoms with van der Waals surface area (Å²) in [5, 5.41) is 2.97. The van der Waals surface area contributed by atoms with E-state index >= 15 is 0 Å². The van der Waals surface area contributed by atoms with Gasteiger partial charge in [0.05, 0.1) is 17.3 Å². The first-order valence-corrected chi connectivity index (χ1v) is 6.63. The third-order valence-electron chi connectivity index (χ3n) is 3.33. The summed E-state index contributed by atoms with van der Waals surface area (Å²) in [4.78, 5) is 0. The van der Waals surface area contributed by atoms with Crippen molar-refractivity contribution in [2.24, 2.45) is 0 Å². The molecule has 20 heavy (non-hydrogen) atoms. The van der Waals surface area contributed by atoms with Gasteiger partial charge in [-0.3, -0.25) is 0 Å². The molecule has 0 saturated carbocycles. The minimum absolute atomic E-state index is 0.0368. The van der Waals surface area contributed by atoms with Crippen molar-refractivity contribution in [1.82, 2.24) is 0 Å². The van der Waals surface area contributed by atoms with Gasteiger partial charge >= 0.3 is 0 Å². The maximum atomic E-state index is 13.7. The predicted octanol–water partition coefficient (Wildman–Crippen LogP) is 4.21. The quantitative estimate of drug-likeness (QED) is 0.916. The van der Waals surface area contributed by atoms with Crippen molar-refractivity contribution in [2.75, 3.05) is 18.5 Å². The Morgan fingerprint density at radius 3 is 2.85 bits per heavy atom. The van der Waals surface area contributed by atoms with Crippen LogP contribution in [0, 0.1) is 11.6 Å². The molecule has 1 N–H and O–H groups in total. The number of benzene rings is 2. The minimum atomic E-state index is -0.692. The molecule has 104 valence electrons. The second kappa shape index (κ2) is 5.29. The Morgan fingerprint density at radius 1 is 1.25 bits per heavy atom. The Kier molecular flexibility index (Phi) is 3.49. The van der Waals surface area contributed by atoms with Crippen molar-refractivity contribution in [2.45, 2.75) is 5.92 Å². The highest BCUT2D eigenvalue weighted by atomic mass is 35.5. The molecule has 3 rings (SSSR count). The third kappa shape index (κ3) is 2.43. The lowest BCUT2D eigenvalue weighted by molar-refractivity contribution is 0.334. The Hall–Kier alpha value is -1.81. The van der Waals surface area contributed by atoms with Crippen molar-refractivity contribution < 1.29 is 13.5 Å². The van der Waals surface area contributed by atoms with E-state index in [1.54, 1.807) is 0 Å². The molecular weight excluding hydrogens is 284 g/mol. The van der Waals surface area contributed by atoms with Gasteiger partial charge in [-0.15, -0.1) is 0 Å². The van der Waals surface area contributed by atoms with Gasteiger partial charge in [0.2, 0.25) is 0 Å². The van der Waals surface area contributed by atoms with Gasteiger partial charge in [0.15, 0.2) is 5.82 Å². The number of para-hydroxylation sites is 1. The van der Waals surface area contributed by atoms with Gasteiger partial charge in [0, 0.05) is 24.1 Å². The summed E-state index contributed by atoms with van der Waals surface area (Å²) in [5.41, 5.74) is 1.20. The average molecular weight is 296 g/mol. The fourth-order valence-corrected chi connectivity index (χ4v) is 2.60. The van der Waals surface area contributed by atoms with Gasteiger partial charge in [-0.25, -0.2) is 8.78 Å². The summed E-state index contributed by atoms with van der Waals surface area (Å²) in [7, 11) is 0. The molecule has 2 aromatic carbocycles. The normalized spacial score (nSPS) is 16.6. The van der Waals surface area contributed by atoms with Crippen molar-refractivity contribution in [1.29, 1.82) is 0 Å². The van der Waals surface area contributed by atoms with Crippen LogP contribution in [-0.2, 0) is 0 Å². The highest BCUT2D eigenvalue weighted by Gasteiger charge is 2.24. The first kappa shape index (κ1) is 13.2.